The number of aliphatic imine (C=N–C) groups is 1. The molecule has 7 heteroatoms. The zero-order valence-electron chi connectivity index (χ0n) is 12.1. The fraction of sp³-hybridized carbons (Fsp3) is 0.385. The molecule has 0 saturated heterocycles. The lowest BCUT2D eigenvalue weighted by Crippen LogP contribution is -2.36. The van der Waals surface area contributed by atoms with Crippen LogP contribution in [0.3, 0.4) is 0 Å². The first-order valence-corrected chi connectivity index (χ1v) is 5.84. The van der Waals surface area contributed by atoms with Gasteiger partial charge in [0.1, 0.15) is 12.4 Å². The molecule has 0 aliphatic heterocycles. The molecule has 0 atom stereocenters. The fourth-order valence-corrected chi connectivity index (χ4v) is 1.59. The molecule has 1 aromatic carbocycles. The largest absolute Gasteiger partial charge is 0.349 e. The van der Waals surface area contributed by atoms with Crippen LogP contribution in [0.2, 0.25) is 0 Å². The standard InChI is InChI=1S/C13H19FN4O.HI/c1-17(2)13(18(3)4)15-9-12(19)16-11-7-5-6-10(14)8-11;/h5-8H,9H2,1-4H3,(H,16,19);1H. The molecule has 0 saturated carbocycles. The van der Waals surface area contributed by atoms with E-state index in [9.17, 15) is 9.18 Å². The summed E-state index contributed by atoms with van der Waals surface area (Å²) in [7, 11) is 7.40. The van der Waals surface area contributed by atoms with Gasteiger partial charge in [-0.2, -0.15) is 0 Å². The molecular formula is C13H20FIN4O. The van der Waals surface area contributed by atoms with E-state index < -0.39 is 0 Å². The summed E-state index contributed by atoms with van der Waals surface area (Å²) in [6, 6.07) is 5.76. The van der Waals surface area contributed by atoms with Crippen LogP contribution >= 0.6 is 24.0 Å². The van der Waals surface area contributed by atoms with Crippen molar-refractivity contribution in [2.75, 3.05) is 40.1 Å². The second-order valence-corrected chi connectivity index (χ2v) is 4.46. The van der Waals surface area contributed by atoms with Crippen LogP contribution < -0.4 is 5.32 Å². The highest BCUT2D eigenvalue weighted by molar-refractivity contribution is 14.0. The fourth-order valence-electron chi connectivity index (χ4n) is 1.59. The Bertz CT molecular complexity index is 467. The summed E-state index contributed by atoms with van der Waals surface area (Å²) in [5.41, 5.74) is 0.427. The Morgan fingerprint density at radius 3 is 2.35 bits per heavy atom. The molecule has 0 bridgehead atoms. The van der Waals surface area contributed by atoms with Crippen molar-refractivity contribution >= 4 is 41.5 Å². The van der Waals surface area contributed by atoms with E-state index in [2.05, 4.69) is 10.3 Å². The summed E-state index contributed by atoms with van der Waals surface area (Å²) in [6.45, 7) is -0.0117. The number of hydrogen-bond acceptors (Lipinski definition) is 2. The zero-order valence-corrected chi connectivity index (χ0v) is 14.4. The number of amides is 1. The van der Waals surface area contributed by atoms with Gasteiger partial charge in [0.05, 0.1) is 0 Å². The number of guanidine groups is 1. The Hall–Kier alpha value is -1.38. The van der Waals surface area contributed by atoms with Crippen LogP contribution in [0.15, 0.2) is 29.3 Å². The van der Waals surface area contributed by atoms with E-state index in [0.717, 1.165) is 0 Å². The molecule has 20 heavy (non-hydrogen) atoms. The van der Waals surface area contributed by atoms with Gasteiger partial charge in [0.25, 0.3) is 0 Å². The Labute approximate surface area is 135 Å². The molecule has 1 N–H and O–H groups in total. The van der Waals surface area contributed by atoms with E-state index in [1.165, 1.54) is 12.1 Å². The third kappa shape index (κ3) is 6.18. The van der Waals surface area contributed by atoms with Gasteiger partial charge in [-0.3, -0.25) is 4.79 Å². The molecule has 1 aromatic rings. The summed E-state index contributed by atoms with van der Waals surface area (Å²) in [5, 5.41) is 2.59. The minimum Gasteiger partial charge on any atom is -0.349 e. The molecule has 1 amide bonds. The number of halogens is 2. The third-order valence-corrected chi connectivity index (χ3v) is 2.27. The molecule has 1 rings (SSSR count). The van der Waals surface area contributed by atoms with E-state index in [-0.39, 0.29) is 42.2 Å². The minimum atomic E-state index is -0.386. The number of rotatable bonds is 3. The third-order valence-electron chi connectivity index (χ3n) is 2.27. The van der Waals surface area contributed by atoms with Gasteiger partial charge in [0, 0.05) is 33.9 Å². The molecule has 0 radical (unpaired) electrons. The molecule has 0 fully saturated rings. The zero-order chi connectivity index (χ0) is 14.4. The van der Waals surface area contributed by atoms with Crippen molar-refractivity contribution in [3.05, 3.63) is 30.1 Å². The van der Waals surface area contributed by atoms with Crippen LogP contribution in [0.5, 0.6) is 0 Å². The first-order chi connectivity index (χ1) is 8.90. The highest BCUT2D eigenvalue weighted by Gasteiger charge is 2.07. The van der Waals surface area contributed by atoms with Crippen LogP contribution in [0.25, 0.3) is 0 Å². The van der Waals surface area contributed by atoms with Crippen LogP contribution in [0, 0.1) is 5.82 Å². The monoisotopic (exact) mass is 394 g/mol. The number of nitrogens with one attached hydrogen (secondary N) is 1. The topological polar surface area (TPSA) is 47.9 Å². The van der Waals surface area contributed by atoms with Crippen LogP contribution in [0.1, 0.15) is 0 Å². The Morgan fingerprint density at radius 2 is 1.85 bits per heavy atom. The van der Waals surface area contributed by atoms with Gasteiger partial charge in [0.2, 0.25) is 5.91 Å². The number of hydrogen-bond donors (Lipinski definition) is 1. The molecular weight excluding hydrogens is 374 g/mol. The van der Waals surface area contributed by atoms with Crippen molar-refractivity contribution in [2.24, 2.45) is 4.99 Å². The van der Waals surface area contributed by atoms with Gasteiger partial charge < -0.3 is 15.1 Å². The van der Waals surface area contributed by atoms with E-state index in [1.54, 1.807) is 12.1 Å². The average molecular weight is 394 g/mol. The summed E-state index contributed by atoms with van der Waals surface area (Å²) in [4.78, 5) is 19.5. The maximum atomic E-state index is 13.0. The first kappa shape index (κ1) is 18.6. The normalized spacial score (nSPS) is 9.25. The van der Waals surface area contributed by atoms with E-state index in [1.807, 2.05) is 38.0 Å². The molecule has 0 heterocycles. The van der Waals surface area contributed by atoms with Crippen LogP contribution in [0.4, 0.5) is 10.1 Å². The lowest BCUT2D eigenvalue weighted by molar-refractivity contribution is -0.114. The summed E-state index contributed by atoms with van der Waals surface area (Å²) in [6.07, 6.45) is 0. The van der Waals surface area contributed by atoms with Gasteiger partial charge in [-0.15, -0.1) is 24.0 Å². The number of carbonyl (C=O) groups is 1. The second-order valence-electron chi connectivity index (χ2n) is 4.46. The Kier molecular flexibility index (Phi) is 8.12. The smallest absolute Gasteiger partial charge is 0.246 e. The first-order valence-electron chi connectivity index (χ1n) is 5.84. The van der Waals surface area contributed by atoms with Crippen molar-refractivity contribution in [1.29, 1.82) is 0 Å². The van der Waals surface area contributed by atoms with Gasteiger partial charge in [-0.25, -0.2) is 9.38 Å². The quantitative estimate of drug-likeness (QED) is 0.484. The summed E-state index contributed by atoms with van der Waals surface area (Å²) < 4.78 is 13.0. The van der Waals surface area contributed by atoms with Crippen LogP contribution in [-0.4, -0.2) is 56.4 Å². The summed E-state index contributed by atoms with van der Waals surface area (Å²) in [5.74, 6) is 0.0183. The van der Waals surface area contributed by atoms with Crippen molar-refractivity contribution in [3.8, 4) is 0 Å². The molecule has 112 valence electrons. The van der Waals surface area contributed by atoms with E-state index in [0.29, 0.717) is 11.6 Å². The number of nitrogens with zero attached hydrogens (tertiary/aromatic N) is 3. The molecule has 5 nitrogen and oxygen atoms in total. The molecule has 0 aromatic heterocycles. The molecule has 0 spiro atoms. The maximum Gasteiger partial charge on any atom is 0.246 e. The van der Waals surface area contributed by atoms with Crippen molar-refractivity contribution in [1.82, 2.24) is 9.80 Å². The lowest BCUT2D eigenvalue weighted by atomic mass is 10.3. The number of carbonyl (C=O) groups excluding carboxylic acids is 1. The number of anilines is 1. The minimum absolute atomic E-state index is 0. The highest BCUT2D eigenvalue weighted by atomic mass is 127. The SMILES string of the molecule is CN(C)C(=NCC(=O)Nc1cccc(F)c1)N(C)C.I. The highest BCUT2D eigenvalue weighted by Crippen LogP contribution is 2.08. The maximum absolute atomic E-state index is 13.0. The van der Waals surface area contributed by atoms with E-state index in [4.69, 9.17) is 0 Å². The van der Waals surface area contributed by atoms with Gasteiger partial charge >= 0.3 is 0 Å². The lowest BCUT2D eigenvalue weighted by Gasteiger charge is -2.22. The Morgan fingerprint density at radius 1 is 1.25 bits per heavy atom. The predicted octanol–water partition coefficient (Wildman–Crippen LogP) is 1.86. The average Bonchev–Trinajstić information content (AvgIpc) is 2.27. The van der Waals surface area contributed by atoms with Crippen molar-refractivity contribution in [3.63, 3.8) is 0 Å². The molecule has 0 aliphatic carbocycles. The second kappa shape index (κ2) is 8.72. The van der Waals surface area contributed by atoms with Gasteiger partial charge in [0.15, 0.2) is 5.96 Å². The van der Waals surface area contributed by atoms with Crippen molar-refractivity contribution < 1.29 is 9.18 Å². The van der Waals surface area contributed by atoms with E-state index >= 15 is 0 Å². The number of benzene rings is 1. The van der Waals surface area contributed by atoms with Crippen LogP contribution in [-0.2, 0) is 4.79 Å². The van der Waals surface area contributed by atoms with Crippen molar-refractivity contribution in [2.45, 2.75) is 0 Å². The Balaban J connectivity index is 0.00000361. The molecule has 0 unspecified atom stereocenters. The van der Waals surface area contributed by atoms with Gasteiger partial charge in [-0.05, 0) is 18.2 Å². The summed E-state index contributed by atoms with van der Waals surface area (Å²) >= 11 is 0. The van der Waals surface area contributed by atoms with Gasteiger partial charge in [-0.1, -0.05) is 6.07 Å². The predicted molar refractivity (Wildman–Crippen MR) is 90.1 cm³/mol. The molecule has 0 aliphatic rings.